The van der Waals surface area contributed by atoms with Gasteiger partial charge in [-0.3, -0.25) is 4.79 Å². The lowest BCUT2D eigenvalue weighted by molar-refractivity contribution is -0.684. The molecule has 0 bridgehead atoms. The molecule has 18 heavy (non-hydrogen) atoms. The third-order valence-electron chi connectivity index (χ3n) is 2.47. The predicted octanol–water partition coefficient (Wildman–Crippen LogP) is 0.463. The fraction of sp³-hybridized carbons (Fsp3) is 0.154. The quantitative estimate of drug-likeness (QED) is 0.473. The number of hydrogen-bond donors (Lipinski definition) is 1. The minimum Gasteiger partial charge on any atom is -0.350 e. The van der Waals surface area contributed by atoms with Crippen LogP contribution in [0.5, 0.6) is 0 Å². The maximum Gasteiger partial charge on any atom is 0.305 e. The van der Waals surface area contributed by atoms with Gasteiger partial charge >= 0.3 is 5.91 Å². The summed E-state index contributed by atoms with van der Waals surface area (Å²) in [5.41, 5.74) is 3.43. The van der Waals surface area contributed by atoms with Crippen LogP contribution in [0.1, 0.15) is 5.69 Å². The van der Waals surface area contributed by atoms with Gasteiger partial charge < -0.3 is 4.57 Å². The lowest BCUT2D eigenvalue weighted by Crippen LogP contribution is -2.40. The van der Waals surface area contributed by atoms with Gasteiger partial charge in [0.05, 0.1) is 11.9 Å². The van der Waals surface area contributed by atoms with Crippen LogP contribution in [0.25, 0.3) is 0 Å². The lowest BCUT2D eigenvalue weighted by atomic mass is 10.4. The summed E-state index contributed by atoms with van der Waals surface area (Å²) in [7, 11) is 1.92. The average molecular weight is 243 g/mol. The highest BCUT2D eigenvalue weighted by Gasteiger charge is 2.06. The maximum atomic E-state index is 11.6. The average Bonchev–Trinajstić information content (AvgIpc) is 2.76. The molecule has 2 heterocycles. The minimum atomic E-state index is -0.156. The highest BCUT2D eigenvalue weighted by molar-refractivity contribution is 5.80. The van der Waals surface area contributed by atoms with Crippen molar-refractivity contribution in [2.24, 2.45) is 12.1 Å². The Labute approximate surface area is 105 Å². The van der Waals surface area contributed by atoms with Crippen molar-refractivity contribution in [3.8, 4) is 0 Å². The molecule has 2 aromatic rings. The van der Waals surface area contributed by atoms with Crippen molar-refractivity contribution in [2.45, 2.75) is 6.54 Å². The Balaban J connectivity index is 1.86. The fourth-order valence-corrected chi connectivity index (χ4v) is 1.52. The summed E-state index contributed by atoms with van der Waals surface area (Å²) in [5, 5.41) is 3.91. The largest absolute Gasteiger partial charge is 0.350 e. The zero-order valence-corrected chi connectivity index (χ0v) is 10.2. The van der Waals surface area contributed by atoms with E-state index in [0.29, 0.717) is 0 Å². The molecule has 92 valence electrons. The summed E-state index contributed by atoms with van der Waals surface area (Å²) < 4.78 is 3.70. The first-order chi connectivity index (χ1) is 8.75. The summed E-state index contributed by atoms with van der Waals surface area (Å²) in [6.45, 7) is 0.255. The first-order valence-corrected chi connectivity index (χ1v) is 5.63. The Morgan fingerprint density at radius 1 is 1.39 bits per heavy atom. The van der Waals surface area contributed by atoms with Crippen molar-refractivity contribution in [1.82, 2.24) is 9.99 Å². The van der Waals surface area contributed by atoms with Crippen LogP contribution >= 0.6 is 0 Å². The molecule has 0 fully saturated rings. The standard InChI is InChI=1S/C13H14N4O/c1-16-7-5-6-12(16)10-14-15-13(18)11-17-8-3-2-4-9-17/h2-10H,11H2,1H3/p+1. The van der Waals surface area contributed by atoms with E-state index in [1.165, 1.54) is 0 Å². The van der Waals surface area contributed by atoms with Crippen LogP contribution in [0.3, 0.4) is 0 Å². The van der Waals surface area contributed by atoms with Gasteiger partial charge in [0.2, 0.25) is 6.54 Å². The van der Waals surface area contributed by atoms with Gasteiger partial charge in [0, 0.05) is 25.4 Å². The number of hydrazone groups is 1. The molecule has 0 spiro atoms. The molecule has 0 aromatic carbocycles. The van der Waals surface area contributed by atoms with E-state index >= 15 is 0 Å². The minimum absolute atomic E-state index is 0.156. The van der Waals surface area contributed by atoms with Gasteiger partial charge in [0.1, 0.15) is 0 Å². The molecule has 2 aromatic heterocycles. The van der Waals surface area contributed by atoms with Crippen LogP contribution in [-0.2, 0) is 18.4 Å². The number of aromatic nitrogens is 2. The summed E-state index contributed by atoms with van der Waals surface area (Å²) in [6, 6.07) is 9.49. The van der Waals surface area contributed by atoms with Crippen LogP contribution in [0.2, 0.25) is 0 Å². The molecule has 0 saturated carbocycles. The van der Waals surface area contributed by atoms with Gasteiger partial charge in [0.25, 0.3) is 0 Å². The van der Waals surface area contributed by atoms with E-state index in [9.17, 15) is 4.79 Å². The number of rotatable bonds is 4. The van der Waals surface area contributed by atoms with Crippen molar-refractivity contribution in [2.75, 3.05) is 0 Å². The molecule has 0 saturated heterocycles. The number of aryl methyl sites for hydroxylation is 1. The van der Waals surface area contributed by atoms with Gasteiger partial charge in [-0.25, -0.2) is 5.43 Å². The monoisotopic (exact) mass is 243 g/mol. The SMILES string of the molecule is Cn1cccc1C=NNC(=O)C[n+]1ccccc1. The van der Waals surface area contributed by atoms with Crippen LogP contribution < -0.4 is 9.99 Å². The number of amides is 1. The van der Waals surface area contributed by atoms with E-state index in [1.54, 1.807) is 10.8 Å². The second kappa shape index (κ2) is 5.77. The van der Waals surface area contributed by atoms with Gasteiger partial charge in [-0.05, 0) is 12.1 Å². The van der Waals surface area contributed by atoms with E-state index in [-0.39, 0.29) is 12.5 Å². The maximum absolute atomic E-state index is 11.6. The Morgan fingerprint density at radius 2 is 2.17 bits per heavy atom. The number of hydrogen-bond acceptors (Lipinski definition) is 2. The third kappa shape index (κ3) is 3.28. The molecule has 0 unspecified atom stereocenters. The molecular formula is C13H15N4O+. The summed E-state index contributed by atoms with van der Waals surface area (Å²) in [6.07, 6.45) is 7.21. The highest BCUT2D eigenvalue weighted by Crippen LogP contribution is 1.94. The van der Waals surface area contributed by atoms with Crippen molar-refractivity contribution in [3.05, 3.63) is 54.6 Å². The third-order valence-corrected chi connectivity index (χ3v) is 2.47. The Morgan fingerprint density at radius 3 is 2.83 bits per heavy atom. The van der Waals surface area contributed by atoms with E-state index < -0.39 is 0 Å². The molecule has 1 N–H and O–H groups in total. The predicted molar refractivity (Wildman–Crippen MR) is 67.8 cm³/mol. The number of carbonyl (C=O) groups is 1. The zero-order chi connectivity index (χ0) is 12.8. The molecule has 1 amide bonds. The molecule has 0 aliphatic rings. The van der Waals surface area contributed by atoms with Crippen molar-refractivity contribution >= 4 is 12.1 Å². The molecule has 0 aliphatic carbocycles. The summed E-state index contributed by atoms with van der Waals surface area (Å²) in [5.74, 6) is -0.156. The van der Waals surface area contributed by atoms with Crippen LogP contribution in [-0.4, -0.2) is 16.7 Å². The first kappa shape index (κ1) is 12.0. The van der Waals surface area contributed by atoms with Gasteiger partial charge in [-0.2, -0.15) is 9.67 Å². The summed E-state index contributed by atoms with van der Waals surface area (Å²) in [4.78, 5) is 11.6. The number of carbonyl (C=O) groups excluding carboxylic acids is 1. The molecule has 0 atom stereocenters. The normalized spacial score (nSPS) is 10.7. The van der Waals surface area contributed by atoms with E-state index in [4.69, 9.17) is 0 Å². The topological polar surface area (TPSA) is 50.3 Å². The van der Waals surface area contributed by atoms with Crippen molar-refractivity contribution in [1.29, 1.82) is 0 Å². The Kier molecular flexibility index (Phi) is 3.86. The Bertz CT molecular complexity index is 545. The molecule has 2 rings (SSSR count). The molecular weight excluding hydrogens is 228 g/mol. The van der Waals surface area contributed by atoms with Crippen LogP contribution in [0.4, 0.5) is 0 Å². The van der Waals surface area contributed by atoms with E-state index in [2.05, 4.69) is 10.5 Å². The second-order valence-electron chi connectivity index (χ2n) is 3.88. The van der Waals surface area contributed by atoms with E-state index in [0.717, 1.165) is 5.69 Å². The van der Waals surface area contributed by atoms with Crippen LogP contribution in [0.15, 0.2) is 54.0 Å². The van der Waals surface area contributed by atoms with Crippen LogP contribution in [0, 0.1) is 0 Å². The highest BCUT2D eigenvalue weighted by atomic mass is 16.2. The lowest BCUT2D eigenvalue weighted by Gasteiger charge is -1.97. The van der Waals surface area contributed by atoms with Crippen molar-refractivity contribution in [3.63, 3.8) is 0 Å². The first-order valence-electron chi connectivity index (χ1n) is 5.63. The van der Waals surface area contributed by atoms with Crippen molar-refractivity contribution < 1.29 is 9.36 Å². The molecule has 5 nitrogen and oxygen atoms in total. The Hall–Kier alpha value is -2.43. The molecule has 0 radical (unpaired) electrons. The van der Waals surface area contributed by atoms with Gasteiger partial charge in [0.15, 0.2) is 12.4 Å². The fourth-order valence-electron chi connectivity index (χ4n) is 1.52. The van der Waals surface area contributed by atoms with Gasteiger partial charge in [-0.15, -0.1) is 0 Å². The zero-order valence-electron chi connectivity index (χ0n) is 10.2. The number of pyridine rings is 1. The second-order valence-corrected chi connectivity index (χ2v) is 3.88. The van der Waals surface area contributed by atoms with E-state index in [1.807, 2.05) is 60.5 Å². The number of nitrogens with zero attached hydrogens (tertiary/aromatic N) is 3. The smallest absolute Gasteiger partial charge is 0.305 e. The number of nitrogens with one attached hydrogen (secondary N) is 1. The molecule has 0 aliphatic heterocycles. The van der Waals surface area contributed by atoms with Gasteiger partial charge in [-0.1, -0.05) is 6.07 Å². The molecule has 5 heteroatoms. The summed E-state index contributed by atoms with van der Waals surface area (Å²) >= 11 is 0.